The molecule has 0 spiro atoms. The van der Waals surface area contributed by atoms with Crippen LogP contribution in [0.5, 0.6) is 0 Å². The highest BCUT2D eigenvalue weighted by Crippen LogP contribution is 2.25. The van der Waals surface area contributed by atoms with Crippen molar-refractivity contribution in [2.24, 2.45) is 5.92 Å². The van der Waals surface area contributed by atoms with Crippen molar-refractivity contribution in [2.75, 3.05) is 39.3 Å². The van der Waals surface area contributed by atoms with Gasteiger partial charge >= 0.3 is 0 Å². The van der Waals surface area contributed by atoms with Crippen molar-refractivity contribution in [3.05, 3.63) is 0 Å². The van der Waals surface area contributed by atoms with Crippen LogP contribution >= 0.6 is 0 Å². The lowest BCUT2D eigenvalue weighted by Gasteiger charge is -2.44. The lowest BCUT2D eigenvalue weighted by Crippen LogP contribution is -2.61. The van der Waals surface area contributed by atoms with E-state index < -0.39 is 0 Å². The van der Waals surface area contributed by atoms with Crippen molar-refractivity contribution < 1.29 is 4.79 Å². The fourth-order valence-electron chi connectivity index (χ4n) is 3.58. The van der Waals surface area contributed by atoms with Gasteiger partial charge in [-0.05, 0) is 32.6 Å². The van der Waals surface area contributed by atoms with Gasteiger partial charge in [-0.15, -0.1) is 0 Å². The third kappa shape index (κ3) is 3.53. The van der Waals surface area contributed by atoms with E-state index >= 15 is 0 Å². The van der Waals surface area contributed by atoms with Gasteiger partial charge in [0.15, 0.2) is 0 Å². The summed E-state index contributed by atoms with van der Waals surface area (Å²) < 4.78 is 0. The molecule has 0 atom stereocenters. The van der Waals surface area contributed by atoms with E-state index in [1.807, 2.05) is 0 Å². The SMILES string of the molecule is CCCC1CCN(C(=O)C(C)(C)N2CCNCC2)CC1. The molecule has 20 heavy (non-hydrogen) atoms. The summed E-state index contributed by atoms with van der Waals surface area (Å²) in [6.07, 6.45) is 4.97. The topological polar surface area (TPSA) is 35.6 Å². The molecule has 0 aromatic rings. The summed E-state index contributed by atoms with van der Waals surface area (Å²) in [5.41, 5.74) is -0.348. The lowest BCUT2D eigenvalue weighted by atomic mass is 9.90. The number of nitrogens with zero attached hydrogens (tertiary/aromatic N) is 2. The molecule has 2 heterocycles. The molecule has 2 saturated heterocycles. The summed E-state index contributed by atoms with van der Waals surface area (Å²) >= 11 is 0. The van der Waals surface area contributed by atoms with Crippen LogP contribution in [-0.2, 0) is 4.79 Å². The maximum Gasteiger partial charge on any atom is 0.242 e. The molecule has 0 saturated carbocycles. The van der Waals surface area contributed by atoms with Crippen LogP contribution in [0.1, 0.15) is 46.5 Å². The third-order valence-corrected chi connectivity index (χ3v) is 5.03. The molecular weight excluding hydrogens is 250 g/mol. The average Bonchev–Trinajstić information content (AvgIpc) is 2.48. The molecule has 0 aromatic heterocycles. The van der Waals surface area contributed by atoms with Gasteiger partial charge in [0.2, 0.25) is 5.91 Å². The van der Waals surface area contributed by atoms with E-state index in [1.165, 1.54) is 25.7 Å². The van der Waals surface area contributed by atoms with E-state index in [1.54, 1.807) is 0 Å². The van der Waals surface area contributed by atoms with Crippen LogP contribution in [0.4, 0.5) is 0 Å². The summed E-state index contributed by atoms with van der Waals surface area (Å²) in [4.78, 5) is 17.3. The first kappa shape index (κ1) is 15.8. The highest BCUT2D eigenvalue weighted by Gasteiger charge is 2.38. The van der Waals surface area contributed by atoms with Crippen LogP contribution in [0, 0.1) is 5.92 Å². The summed E-state index contributed by atoms with van der Waals surface area (Å²) in [5, 5.41) is 3.36. The maximum atomic E-state index is 12.8. The number of hydrogen-bond donors (Lipinski definition) is 1. The minimum absolute atomic E-state index is 0.328. The molecule has 4 nitrogen and oxygen atoms in total. The first-order valence-electron chi connectivity index (χ1n) is 8.31. The highest BCUT2D eigenvalue weighted by atomic mass is 16.2. The highest BCUT2D eigenvalue weighted by molar-refractivity contribution is 5.85. The monoisotopic (exact) mass is 281 g/mol. The van der Waals surface area contributed by atoms with Crippen molar-refractivity contribution in [1.29, 1.82) is 0 Å². The average molecular weight is 281 g/mol. The predicted octanol–water partition coefficient (Wildman–Crippen LogP) is 1.71. The second-order valence-corrected chi connectivity index (χ2v) is 6.82. The van der Waals surface area contributed by atoms with Crippen molar-refractivity contribution in [2.45, 2.75) is 52.0 Å². The van der Waals surface area contributed by atoms with Gasteiger partial charge in [0, 0.05) is 39.3 Å². The van der Waals surface area contributed by atoms with Crippen LogP contribution in [0.2, 0.25) is 0 Å². The number of rotatable bonds is 4. The molecule has 0 bridgehead atoms. The minimum atomic E-state index is -0.348. The van der Waals surface area contributed by atoms with Crippen molar-refractivity contribution in [3.63, 3.8) is 0 Å². The zero-order chi connectivity index (χ0) is 14.6. The van der Waals surface area contributed by atoms with Gasteiger partial charge in [0.05, 0.1) is 5.54 Å². The first-order chi connectivity index (χ1) is 9.55. The van der Waals surface area contributed by atoms with E-state index in [2.05, 4.69) is 35.9 Å². The van der Waals surface area contributed by atoms with Crippen LogP contribution < -0.4 is 5.32 Å². The molecular formula is C16H31N3O. The van der Waals surface area contributed by atoms with Gasteiger partial charge in [-0.25, -0.2) is 0 Å². The molecule has 2 rings (SSSR count). The molecule has 0 aromatic carbocycles. The van der Waals surface area contributed by atoms with Crippen molar-refractivity contribution in [3.8, 4) is 0 Å². The Morgan fingerprint density at radius 2 is 1.75 bits per heavy atom. The quantitative estimate of drug-likeness (QED) is 0.852. The molecule has 0 aliphatic carbocycles. The van der Waals surface area contributed by atoms with Gasteiger partial charge < -0.3 is 10.2 Å². The molecule has 1 amide bonds. The van der Waals surface area contributed by atoms with Gasteiger partial charge in [-0.3, -0.25) is 9.69 Å². The Kier molecular flexibility index (Phi) is 5.44. The summed E-state index contributed by atoms with van der Waals surface area (Å²) in [5.74, 6) is 1.17. The van der Waals surface area contributed by atoms with Crippen LogP contribution in [0.25, 0.3) is 0 Å². The molecule has 1 N–H and O–H groups in total. The molecule has 4 heteroatoms. The number of carbonyl (C=O) groups is 1. The van der Waals surface area contributed by atoms with Gasteiger partial charge in [-0.2, -0.15) is 0 Å². The Balaban J connectivity index is 1.90. The van der Waals surface area contributed by atoms with E-state index in [0.717, 1.165) is 45.2 Å². The first-order valence-corrected chi connectivity index (χ1v) is 8.31. The van der Waals surface area contributed by atoms with Gasteiger partial charge in [-0.1, -0.05) is 19.8 Å². The van der Waals surface area contributed by atoms with Crippen LogP contribution in [0.3, 0.4) is 0 Å². The third-order valence-electron chi connectivity index (χ3n) is 5.03. The van der Waals surface area contributed by atoms with Gasteiger partial charge in [0.25, 0.3) is 0 Å². The number of piperidine rings is 1. The molecule has 2 fully saturated rings. The fourth-order valence-corrected chi connectivity index (χ4v) is 3.58. The number of piperazine rings is 1. The smallest absolute Gasteiger partial charge is 0.242 e. The Morgan fingerprint density at radius 1 is 1.15 bits per heavy atom. The maximum absolute atomic E-state index is 12.8. The number of carbonyl (C=O) groups excluding carboxylic acids is 1. The van der Waals surface area contributed by atoms with E-state index in [9.17, 15) is 4.79 Å². The Bertz CT molecular complexity index is 316. The Labute approximate surface area is 123 Å². The number of amides is 1. The van der Waals surface area contributed by atoms with E-state index in [-0.39, 0.29) is 5.54 Å². The van der Waals surface area contributed by atoms with E-state index in [4.69, 9.17) is 0 Å². The largest absolute Gasteiger partial charge is 0.341 e. The Morgan fingerprint density at radius 3 is 2.30 bits per heavy atom. The van der Waals surface area contributed by atoms with E-state index in [0.29, 0.717) is 5.91 Å². The second-order valence-electron chi connectivity index (χ2n) is 6.82. The molecule has 116 valence electrons. The molecule has 2 aliphatic heterocycles. The summed E-state index contributed by atoms with van der Waals surface area (Å²) in [7, 11) is 0. The Hall–Kier alpha value is -0.610. The molecule has 0 unspecified atom stereocenters. The molecule has 0 radical (unpaired) electrons. The fraction of sp³-hybridized carbons (Fsp3) is 0.938. The standard InChI is InChI=1S/C16H31N3O/c1-4-5-14-6-10-18(11-7-14)15(20)16(2,3)19-12-8-17-9-13-19/h14,17H,4-13H2,1-3H3. The minimum Gasteiger partial charge on any atom is -0.341 e. The van der Waals surface area contributed by atoms with Gasteiger partial charge in [0.1, 0.15) is 0 Å². The number of nitrogens with one attached hydrogen (secondary N) is 1. The number of likely N-dealkylation sites (tertiary alicyclic amines) is 1. The zero-order valence-electron chi connectivity index (χ0n) is 13.5. The zero-order valence-corrected chi connectivity index (χ0v) is 13.5. The van der Waals surface area contributed by atoms with Crippen LogP contribution in [-0.4, -0.2) is 60.5 Å². The van der Waals surface area contributed by atoms with Crippen LogP contribution in [0.15, 0.2) is 0 Å². The van der Waals surface area contributed by atoms with Crippen molar-refractivity contribution in [1.82, 2.24) is 15.1 Å². The molecule has 2 aliphatic rings. The predicted molar refractivity (Wildman–Crippen MR) is 82.7 cm³/mol. The number of hydrogen-bond acceptors (Lipinski definition) is 3. The normalized spacial score (nSPS) is 23.1. The van der Waals surface area contributed by atoms with Crippen molar-refractivity contribution >= 4 is 5.91 Å². The summed E-state index contributed by atoms with van der Waals surface area (Å²) in [6.45, 7) is 12.3. The lowest BCUT2D eigenvalue weighted by molar-refractivity contribution is -0.144. The summed E-state index contributed by atoms with van der Waals surface area (Å²) in [6, 6.07) is 0. The second kappa shape index (κ2) is 6.90.